The second kappa shape index (κ2) is 24.0. The minimum atomic E-state index is -0.315. The summed E-state index contributed by atoms with van der Waals surface area (Å²) in [5, 5.41) is 30.8. The molecule has 0 saturated heterocycles. The number of allylic oxidation sites excluding steroid dienone is 2. The Morgan fingerprint density at radius 3 is 2.21 bits per heavy atom. The van der Waals surface area contributed by atoms with Gasteiger partial charge in [0, 0.05) is 52.7 Å². The monoisotopic (exact) mass is 1010 g/mol. The first-order valence-corrected chi connectivity index (χ1v) is 26.9. The quantitative estimate of drug-likeness (QED) is 0.0208. The lowest BCUT2D eigenvalue weighted by Crippen LogP contribution is -2.35. The second-order valence-electron chi connectivity index (χ2n) is 20.6. The Morgan fingerprint density at radius 2 is 1.50 bits per heavy atom. The fourth-order valence-electron chi connectivity index (χ4n) is 10.8. The van der Waals surface area contributed by atoms with Gasteiger partial charge in [-0.3, -0.25) is 14.8 Å². The number of rotatable bonds is 21. The van der Waals surface area contributed by atoms with Gasteiger partial charge in [0.15, 0.2) is 0 Å². The third-order valence-corrected chi connectivity index (χ3v) is 14.9. The lowest BCUT2D eigenvalue weighted by atomic mass is 9.75. The van der Waals surface area contributed by atoms with Gasteiger partial charge in [-0.05, 0) is 125 Å². The number of aromatic nitrogens is 8. The van der Waals surface area contributed by atoms with Gasteiger partial charge in [-0.15, -0.1) is 10.2 Å². The molecule has 14 heteroatoms. The van der Waals surface area contributed by atoms with Crippen molar-refractivity contribution in [2.75, 3.05) is 0 Å². The van der Waals surface area contributed by atoms with Gasteiger partial charge in [0.1, 0.15) is 24.1 Å². The molecule has 8 aromatic rings. The third kappa shape index (κ3) is 11.7. The Kier molecular flexibility index (Phi) is 16.6. The molecule has 1 atom stereocenters. The molecule has 0 aliphatic carbocycles. The van der Waals surface area contributed by atoms with Gasteiger partial charge in [-0.25, -0.2) is 0 Å². The van der Waals surface area contributed by atoms with E-state index in [0.29, 0.717) is 43.0 Å². The molecule has 1 amide bonds. The van der Waals surface area contributed by atoms with Gasteiger partial charge in [0.25, 0.3) is 0 Å². The third-order valence-electron chi connectivity index (χ3n) is 14.9. The number of nitrogens with zero attached hydrogens (tertiary/aromatic N) is 9. The molecule has 0 fully saturated rings. The first-order chi connectivity index (χ1) is 37.0. The zero-order valence-corrected chi connectivity index (χ0v) is 44.5. The highest BCUT2D eigenvalue weighted by Crippen LogP contribution is 2.37. The van der Waals surface area contributed by atoms with Gasteiger partial charge in [0.05, 0.1) is 17.9 Å². The Hall–Kier alpha value is -8.26. The number of aromatic hydroxyl groups is 1. The number of imidazole rings is 1. The molecule has 5 N–H and O–H groups in total. The number of nitrogens with one attached hydrogen (secondary N) is 2. The topological polar surface area (TPSA) is 192 Å². The Balaban J connectivity index is 0.940. The van der Waals surface area contributed by atoms with Gasteiger partial charge in [-0.1, -0.05) is 145 Å². The van der Waals surface area contributed by atoms with E-state index in [-0.39, 0.29) is 29.1 Å². The highest BCUT2D eigenvalue weighted by atomic mass is 16.3. The summed E-state index contributed by atoms with van der Waals surface area (Å²) < 4.78 is 3.92. The van der Waals surface area contributed by atoms with Crippen LogP contribution in [0.2, 0.25) is 0 Å². The van der Waals surface area contributed by atoms with Crippen LogP contribution in [0.25, 0.3) is 45.3 Å². The number of amides is 1. The summed E-state index contributed by atoms with van der Waals surface area (Å²) in [6.45, 7) is 12.0. The summed E-state index contributed by atoms with van der Waals surface area (Å²) in [6, 6.07) is 39.0. The van der Waals surface area contributed by atoms with Crippen molar-refractivity contribution >= 4 is 11.7 Å². The smallest absolute Gasteiger partial charge is 0.459 e. The van der Waals surface area contributed by atoms with Gasteiger partial charge < -0.3 is 26.7 Å². The molecule has 5 heterocycles. The number of aryl methyl sites for hydroxylation is 2. The number of carbonyl (C=O) groups is 1. The Bertz CT molecular complexity index is 3320. The van der Waals surface area contributed by atoms with Crippen LogP contribution < -0.4 is 10.4 Å². The summed E-state index contributed by atoms with van der Waals surface area (Å²) in [6.07, 6.45) is 17.7. The molecule has 76 heavy (non-hydrogen) atoms. The number of hydrogen-bond donors (Lipinski definition) is 3. The number of aromatic amines is 1. The maximum Gasteiger partial charge on any atom is 0.459 e. The van der Waals surface area contributed by atoms with Crippen LogP contribution in [0.1, 0.15) is 124 Å². The van der Waals surface area contributed by atoms with Crippen molar-refractivity contribution in [2.24, 2.45) is 16.9 Å². The van der Waals surface area contributed by atoms with Crippen LogP contribution in [0, 0.1) is 5.92 Å². The number of nitrogens with two attached hydrogens (primary N) is 1. The Labute approximate surface area is 446 Å². The molecule has 14 nitrogen and oxygen atoms in total. The SMILES string of the molecule is CCCCC1=CCC[C@@H](Cc2ccccc2C(C)(C)Cc2ccc(-c3ccc(Cn4c(CCCC)c[n+](-c5ccccc5CC)c4O)cn3)c(-c3nn[nH]n3)c2)C(=O)N1Cc1ccc(-c2ccccc2/C([NH-])=N/N)nc1. The summed E-state index contributed by atoms with van der Waals surface area (Å²) >= 11 is 0. The molecular weight excluding hydrogens is 945 g/mol. The minimum Gasteiger partial charge on any atom is -0.481 e. The van der Waals surface area contributed by atoms with Crippen molar-refractivity contribution in [1.29, 1.82) is 0 Å². The zero-order chi connectivity index (χ0) is 53.2. The summed E-state index contributed by atoms with van der Waals surface area (Å²) in [7, 11) is 0. The lowest BCUT2D eigenvalue weighted by Gasteiger charge is -2.31. The molecule has 0 unspecified atom stereocenters. The van der Waals surface area contributed by atoms with E-state index in [1.54, 1.807) is 0 Å². The van der Waals surface area contributed by atoms with E-state index in [1.807, 2.05) is 81.0 Å². The molecule has 0 radical (unpaired) electrons. The molecule has 1 aliphatic rings. The number of amidine groups is 1. The van der Waals surface area contributed by atoms with Crippen molar-refractivity contribution in [3.63, 3.8) is 0 Å². The van der Waals surface area contributed by atoms with E-state index in [0.717, 1.165) is 114 Å². The fourth-order valence-corrected chi connectivity index (χ4v) is 10.8. The highest BCUT2D eigenvalue weighted by Gasteiger charge is 2.33. The average Bonchev–Trinajstić information content (AvgIpc) is 4.08. The van der Waals surface area contributed by atoms with E-state index in [1.165, 1.54) is 16.7 Å². The van der Waals surface area contributed by atoms with Crippen LogP contribution in [0.5, 0.6) is 6.01 Å². The van der Waals surface area contributed by atoms with E-state index < -0.39 is 0 Å². The largest absolute Gasteiger partial charge is 0.481 e. The van der Waals surface area contributed by atoms with Crippen molar-refractivity contribution in [3.8, 4) is 45.6 Å². The van der Waals surface area contributed by atoms with E-state index in [2.05, 4.69) is 133 Å². The summed E-state index contributed by atoms with van der Waals surface area (Å²) in [5.74, 6) is 5.89. The van der Waals surface area contributed by atoms with Gasteiger partial charge in [0.2, 0.25) is 11.7 Å². The lowest BCUT2D eigenvalue weighted by molar-refractivity contribution is -0.604. The number of para-hydroxylation sites is 1. The van der Waals surface area contributed by atoms with Crippen molar-refractivity contribution < 1.29 is 14.5 Å². The Morgan fingerprint density at radius 1 is 0.816 bits per heavy atom. The highest BCUT2D eigenvalue weighted by molar-refractivity contribution is 6.09. The van der Waals surface area contributed by atoms with Crippen LogP contribution in [0.4, 0.5) is 0 Å². The zero-order valence-electron chi connectivity index (χ0n) is 44.5. The molecule has 1 aliphatic heterocycles. The molecule has 0 spiro atoms. The van der Waals surface area contributed by atoms with Crippen LogP contribution in [-0.4, -0.2) is 56.9 Å². The molecule has 0 bridgehead atoms. The molecular formula is C62H70N12O2. The van der Waals surface area contributed by atoms with Gasteiger partial charge >= 0.3 is 6.01 Å². The number of benzene rings is 4. The number of H-pyrrole nitrogens is 1. The van der Waals surface area contributed by atoms with Crippen molar-refractivity contribution in [1.82, 2.24) is 40.1 Å². The maximum absolute atomic E-state index is 14.9. The number of unbranched alkanes of at least 4 members (excludes halogenated alkanes) is 2. The first kappa shape index (κ1) is 52.6. The van der Waals surface area contributed by atoms with E-state index in [4.69, 9.17) is 21.5 Å². The van der Waals surface area contributed by atoms with Crippen LogP contribution in [0.3, 0.4) is 0 Å². The van der Waals surface area contributed by atoms with Crippen molar-refractivity contribution in [2.45, 2.75) is 124 Å². The average molecular weight is 1020 g/mol. The van der Waals surface area contributed by atoms with E-state index >= 15 is 0 Å². The summed E-state index contributed by atoms with van der Waals surface area (Å²) in [4.78, 5) is 26.7. The molecule has 9 rings (SSSR count). The standard InChI is InChI=1S/C62H69N12O2/c1-6-9-21-48-23-17-20-47(60(75)72(48)39-43-29-32-55(65-37-43)50-24-13-14-25-52(50)58(63)67-64)35-46-19-11-15-26-54(46)62(4,5)36-42-28-31-51(53(34-42)59-68-70-71-69-59)56-33-30-44(38-66-56)40-73-49(22-10-7-2)41-74(61(73)76)57-27-16-12-18-45(57)8-3/h11-16,18-19,23-34,37-38,41,47H,6-10,17,20-22,35-36,39-40H2,1-5H3,(H4-,63,64,65,66,67,68,69,70,71)/q-1/p+1/t47-/m0/s1. The molecule has 4 aromatic heterocycles. The van der Waals surface area contributed by atoms with Gasteiger partial charge in [-0.2, -0.15) is 14.3 Å². The number of hydrazone groups is 1. The van der Waals surface area contributed by atoms with Crippen LogP contribution in [0.15, 0.2) is 151 Å². The normalized spacial score (nSPS) is 14.2. The summed E-state index contributed by atoms with van der Waals surface area (Å²) in [5.41, 5.74) is 22.2. The predicted molar refractivity (Wildman–Crippen MR) is 300 cm³/mol. The van der Waals surface area contributed by atoms with Crippen molar-refractivity contribution in [3.05, 3.63) is 196 Å². The van der Waals surface area contributed by atoms with Crippen LogP contribution in [-0.2, 0) is 49.0 Å². The van der Waals surface area contributed by atoms with E-state index in [9.17, 15) is 9.90 Å². The first-order valence-electron chi connectivity index (χ1n) is 26.9. The second-order valence-corrected chi connectivity index (χ2v) is 20.6. The number of tetrazole rings is 1. The number of hydrogen-bond acceptors (Lipinski definition) is 9. The molecule has 4 aromatic carbocycles. The molecule has 390 valence electrons. The maximum atomic E-state index is 14.9. The molecule has 0 saturated carbocycles. The fraction of sp³-hybridized carbons (Fsp3) is 0.323. The number of pyridine rings is 2. The number of carbonyl (C=O) groups excluding carboxylic acids is 1. The van der Waals surface area contributed by atoms with Crippen LogP contribution >= 0.6 is 0 Å². The minimum absolute atomic E-state index is 0.00895. The predicted octanol–water partition coefficient (Wildman–Crippen LogP) is 12.0.